The summed E-state index contributed by atoms with van der Waals surface area (Å²) in [6.45, 7) is 5.31. The van der Waals surface area contributed by atoms with Crippen LogP contribution in [-0.4, -0.2) is 37.4 Å². The fourth-order valence-corrected chi connectivity index (χ4v) is 4.88. The van der Waals surface area contributed by atoms with Crippen molar-refractivity contribution in [3.8, 4) is 17.2 Å². The number of hydrogen-bond acceptors (Lipinski definition) is 4. The Morgan fingerprint density at radius 2 is 1.80 bits per heavy atom. The first-order valence-electron chi connectivity index (χ1n) is 11.7. The average Bonchev–Trinajstić information content (AvgIpc) is 2.89. The molecular weight excluding hydrogens is 480 g/mol. The van der Waals surface area contributed by atoms with E-state index in [0.717, 1.165) is 47.7 Å². The van der Waals surface area contributed by atoms with Crippen LogP contribution in [0.1, 0.15) is 35.2 Å². The Morgan fingerprint density at radius 3 is 2.49 bits per heavy atom. The fraction of sp³-hybridized carbons (Fsp3) is 0.321. The molecule has 0 saturated heterocycles. The minimum atomic E-state index is -0.108. The highest BCUT2D eigenvalue weighted by Crippen LogP contribution is 2.39. The zero-order valence-electron chi connectivity index (χ0n) is 20.6. The number of aryl methyl sites for hydroxylation is 1. The van der Waals surface area contributed by atoms with E-state index in [0.29, 0.717) is 22.5 Å². The Morgan fingerprint density at radius 1 is 1.09 bits per heavy atom. The number of ether oxygens (including phenoxy) is 3. The molecular formula is C28H31ClN2O3S. The fourth-order valence-electron chi connectivity index (χ4n) is 4.38. The number of rotatable bonds is 7. The highest BCUT2D eigenvalue weighted by Gasteiger charge is 2.31. The van der Waals surface area contributed by atoms with Crippen molar-refractivity contribution in [1.82, 2.24) is 4.90 Å². The van der Waals surface area contributed by atoms with Gasteiger partial charge in [-0.2, -0.15) is 0 Å². The van der Waals surface area contributed by atoms with Gasteiger partial charge in [0.2, 0.25) is 0 Å². The van der Waals surface area contributed by atoms with E-state index in [9.17, 15) is 0 Å². The van der Waals surface area contributed by atoms with Crippen LogP contribution in [0.3, 0.4) is 0 Å². The van der Waals surface area contributed by atoms with Crippen molar-refractivity contribution < 1.29 is 14.2 Å². The van der Waals surface area contributed by atoms with Crippen LogP contribution in [0.2, 0.25) is 5.02 Å². The molecule has 1 heterocycles. The van der Waals surface area contributed by atoms with E-state index in [-0.39, 0.29) is 6.04 Å². The maximum Gasteiger partial charge on any atom is 0.174 e. The minimum absolute atomic E-state index is 0.108. The van der Waals surface area contributed by atoms with Gasteiger partial charge in [0.1, 0.15) is 12.4 Å². The lowest BCUT2D eigenvalue weighted by molar-refractivity contribution is 0.190. The number of benzene rings is 3. The van der Waals surface area contributed by atoms with Crippen LogP contribution < -0.4 is 19.5 Å². The second-order valence-corrected chi connectivity index (χ2v) is 9.31. The molecule has 3 aromatic carbocycles. The van der Waals surface area contributed by atoms with Gasteiger partial charge in [0, 0.05) is 17.3 Å². The van der Waals surface area contributed by atoms with Gasteiger partial charge in [0.15, 0.2) is 16.6 Å². The van der Waals surface area contributed by atoms with Gasteiger partial charge in [-0.15, -0.1) is 0 Å². The molecule has 0 aliphatic carbocycles. The summed E-state index contributed by atoms with van der Waals surface area (Å²) in [5, 5.41) is 4.74. The van der Waals surface area contributed by atoms with E-state index in [1.807, 2.05) is 43.3 Å². The predicted octanol–water partition coefficient (Wildman–Crippen LogP) is 6.60. The molecule has 0 saturated carbocycles. The molecule has 1 unspecified atom stereocenters. The molecule has 0 bridgehead atoms. The highest BCUT2D eigenvalue weighted by atomic mass is 35.5. The summed E-state index contributed by atoms with van der Waals surface area (Å²) >= 11 is 12.2. The molecule has 0 fully saturated rings. The summed E-state index contributed by atoms with van der Waals surface area (Å²) in [6, 6.07) is 18.0. The van der Waals surface area contributed by atoms with Crippen molar-refractivity contribution in [1.29, 1.82) is 0 Å². The number of anilines is 1. The maximum atomic E-state index is 6.34. The molecule has 1 aliphatic heterocycles. The second kappa shape index (κ2) is 11.2. The van der Waals surface area contributed by atoms with Gasteiger partial charge in [-0.25, -0.2) is 0 Å². The smallest absolute Gasteiger partial charge is 0.174 e. The quantitative estimate of drug-likeness (QED) is 0.361. The van der Waals surface area contributed by atoms with Crippen molar-refractivity contribution in [2.45, 2.75) is 32.7 Å². The van der Waals surface area contributed by atoms with Gasteiger partial charge in [-0.05, 0) is 90.6 Å². The number of hydrogen-bond donors (Lipinski definition) is 1. The lowest BCUT2D eigenvalue weighted by atomic mass is 9.92. The molecule has 184 valence electrons. The lowest BCUT2D eigenvalue weighted by Gasteiger charge is -2.39. The van der Waals surface area contributed by atoms with Crippen LogP contribution in [0.25, 0.3) is 0 Å². The number of methoxy groups -OCH3 is 2. The third kappa shape index (κ3) is 5.49. The molecule has 1 aliphatic rings. The van der Waals surface area contributed by atoms with Gasteiger partial charge in [0.25, 0.3) is 0 Å². The summed E-state index contributed by atoms with van der Waals surface area (Å²) in [5.74, 6) is 2.25. The third-order valence-corrected chi connectivity index (χ3v) is 7.26. The Hall–Kier alpha value is -2.96. The van der Waals surface area contributed by atoms with Crippen LogP contribution in [0.4, 0.5) is 5.69 Å². The summed E-state index contributed by atoms with van der Waals surface area (Å²) in [7, 11) is 3.31. The molecule has 1 atom stereocenters. The first-order valence-corrected chi connectivity index (χ1v) is 12.5. The summed E-state index contributed by atoms with van der Waals surface area (Å²) in [6.07, 6.45) is 1.82. The zero-order valence-corrected chi connectivity index (χ0v) is 22.1. The molecule has 0 amide bonds. The van der Waals surface area contributed by atoms with Crippen molar-refractivity contribution in [3.05, 3.63) is 81.9 Å². The molecule has 35 heavy (non-hydrogen) atoms. The van der Waals surface area contributed by atoms with Crippen molar-refractivity contribution >= 4 is 34.6 Å². The standard InChI is InChI=1S/C28H31ClN2O3S/c1-5-19-9-11-21(12-10-19)34-17-25-22-16-27(33-4)26(32-3)15-20(22)13-14-31(25)28(35)30-24-8-6-7-23(29)18(24)2/h6-12,15-16,25H,5,13-14,17H2,1-4H3,(H,30,35). The normalized spacial score (nSPS) is 14.8. The van der Waals surface area contributed by atoms with E-state index < -0.39 is 0 Å². The van der Waals surface area contributed by atoms with Crippen LogP contribution >= 0.6 is 23.8 Å². The van der Waals surface area contributed by atoms with Gasteiger partial charge in [-0.3, -0.25) is 0 Å². The second-order valence-electron chi connectivity index (χ2n) is 8.52. The minimum Gasteiger partial charge on any atom is -0.493 e. The number of thiocarbonyl (C=S) groups is 1. The maximum absolute atomic E-state index is 6.34. The van der Waals surface area contributed by atoms with E-state index in [4.69, 9.17) is 38.0 Å². The van der Waals surface area contributed by atoms with Crippen LogP contribution in [0.15, 0.2) is 54.6 Å². The van der Waals surface area contributed by atoms with Crippen LogP contribution in [0, 0.1) is 6.92 Å². The number of fused-ring (bicyclic) bond motifs is 1. The van der Waals surface area contributed by atoms with Crippen LogP contribution in [-0.2, 0) is 12.8 Å². The molecule has 3 aromatic rings. The van der Waals surface area contributed by atoms with Crippen molar-refractivity contribution in [2.24, 2.45) is 0 Å². The Bertz CT molecular complexity index is 1200. The molecule has 1 N–H and O–H groups in total. The monoisotopic (exact) mass is 510 g/mol. The number of halogens is 1. The van der Waals surface area contributed by atoms with Crippen LogP contribution in [0.5, 0.6) is 17.2 Å². The largest absolute Gasteiger partial charge is 0.493 e. The lowest BCUT2D eigenvalue weighted by Crippen LogP contribution is -2.44. The van der Waals surface area contributed by atoms with Gasteiger partial charge >= 0.3 is 0 Å². The molecule has 0 spiro atoms. The Balaban J connectivity index is 1.65. The van der Waals surface area contributed by atoms with Crippen molar-refractivity contribution in [2.75, 3.05) is 32.7 Å². The van der Waals surface area contributed by atoms with E-state index >= 15 is 0 Å². The average molecular weight is 511 g/mol. The summed E-state index contributed by atoms with van der Waals surface area (Å²) in [5.41, 5.74) is 5.46. The molecule has 0 radical (unpaired) electrons. The van der Waals surface area contributed by atoms with E-state index in [2.05, 4.69) is 35.3 Å². The molecule has 5 nitrogen and oxygen atoms in total. The molecule has 0 aromatic heterocycles. The SMILES string of the molecule is CCc1ccc(OCC2c3cc(OC)c(OC)cc3CCN2C(=S)Nc2cccc(Cl)c2C)cc1. The predicted molar refractivity (Wildman–Crippen MR) is 146 cm³/mol. The Labute approximate surface area is 218 Å². The summed E-state index contributed by atoms with van der Waals surface area (Å²) < 4.78 is 17.4. The zero-order chi connectivity index (χ0) is 24.9. The van der Waals surface area contributed by atoms with Gasteiger partial charge in [0.05, 0.1) is 20.3 Å². The summed E-state index contributed by atoms with van der Waals surface area (Å²) in [4.78, 5) is 2.18. The number of nitrogens with one attached hydrogen (secondary N) is 1. The first kappa shape index (κ1) is 25.1. The third-order valence-electron chi connectivity index (χ3n) is 6.51. The topological polar surface area (TPSA) is 43.0 Å². The first-order chi connectivity index (χ1) is 16.9. The Kier molecular flexibility index (Phi) is 8.04. The number of nitrogens with zero attached hydrogens (tertiary/aromatic N) is 1. The van der Waals surface area contributed by atoms with Crippen molar-refractivity contribution in [3.63, 3.8) is 0 Å². The van der Waals surface area contributed by atoms with E-state index in [1.165, 1.54) is 11.1 Å². The molecule has 4 rings (SSSR count). The highest BCUT2D eigenvalue weighted by molar-refractivity contribution is 7.80. The van der Waals surface area contributed by atoms with Gasteiger partial charge < -0.3 is 24.4 Å². The van der Waals surface area contributed by atoms with Gasteiger partial charge in [-0.1, -0.05) is 36.7 Å². The van der Waals surface area contributed by atoms with E-state index in [1.54, 1.807) is 14.2 Å². The molecule has 7 heteroatoms.